The van der Waals surface area contributed by atoms with Gasteiger partial charge in [-0.1, -0.05) is 13.8 Å². The van der Waals surface area contributed by atoms with Gasteiger partial charge in [0.2, 0.25) is 5.75 Å². The van der Waals surface area contributed by atoms with Gasteiger partial charge in [0.1, 0.15) is 12.4 Å². The van der Waals surface area contributed by atoms with E-state index < -0.39 is 0 Å². The number of hydrogen-bond acceptors (Lipinski definition) is 6. The lowest BCUT2D eigenvalue weighted by atomic mass is 10.3. The van der Waals surface area contributed by atoms with E-state index in [2.05, 4.69) is 10.3 Å². The van der Waals surface area contributed by atoms with Crippen LogP contribution in [0.1, 0.15) is 13.8 Å². The molecule has 0 atom stereocenters. The Balaban J connectivity index is 0.000000847. The van der Waals surface area contributed by atoms with Gasteiger partial charge in [0.25, 0.3) is 0 Å². The van der Waals surface area contributed by atoms with E-state index in [0.29, 0.717) is 23.9 Å². The Labute approximate surface area is 135 Å². The highest BCUT2D eigenvalue weighted by Crippen LogP contribution is 2.39. The predicted octanol–water partition coefficient (Wildman–Crippen LogP) is 4.01. The summed E-state index contributed by atoms with van der Waals surface area (Å²) in [5, 5.41) is 3.18. The van der Waals surface area contributed by atoms with Crippen molar-refractivity contribution in [1.29, 1.82) is 0 Å². The summed E-state index contributed by atoms with van der Waals surface area (Å²) in [6, 6.07) is 7.40. The minimum absolute atomic E-state index is 0.604. The van der Waals surface area contributed by atoms with Crippen molar-refractivity contribution in [2.45, 2.75) is 18.7 Å². The zero-order chi connectivity index (χ0) is 15.9. The number of rotatable bonds is 3. The highest BCUT2D eigenvalue weighted by molar-refractivity contribution is 7.98. The van der Waals surface area contributed by atoms with E-state index >= 15 is 0 Å². The van der Waals surface area contributed by atoms with Gasteiger partial charge >= 0.3 is 0 Å². The lowest BCUT2D eigenvalue weighted by Crippen LogP contribution is -2.19. The molecule has 1 aromatic carbocycles. The van der Waals surface area contributed by atoms with Gasteiger partial charge in [0.05, 0.1) is 6.54 Å². The Bertz CT molecular complexity index is 635. The van der Waals surface area contributed by atoms with E-state index in [4.69, 9.17) is 15.2 Å². The Morgan fingerprint density at radius 1 is 1.32 bits per heavy atom. The molecule has 1 aliphatic heterocycles. The van der Waals surface area contributed by atoms with Crippen LogP contribution in [0.5, 0.6) is 17.2 Å². The Hall–Kier alpha value is -2.08. The second-order valence-corrected chi connectivity index (χ2v) is 5.12. The molecule has 2 heterocycles. The number of fused-ring (bicyclic) bond motifs is 1. The molecule has 1 aromatic heterocycles. The molecule has 2 aromatic rings. The number of anilines is 2. The molecule has 5 nitrogen and oxygen atoms in total. The summed E-state index contributed by atoms with van der Waals surface area (Å²) in [6.07, 6.45) is 3.68. The molecule has 118 valence electrons. The quantitative estimate of drug-likeness (QED) is 0.658. The minimum atomic E-state index is 0.604. The number of pyridine rings is 1. The summed E-state index contributed by atoms with van der Waals surface area (Å²) in [7, 11) is 0. The lowest BCUT2D eigenvalue weighted by Gasteiger charge is -2.20. The molecule has 3 N–H and O–H groups in total. The Kier molecular flexibility index (Phi) is 5.77. The fourth-order valence-corrected chi connectivity index (χ4v) is 2.52. The van der Waals surface area contributed by atoms with Crippen LogP contribution in [-0.2, 0) is 0 Å². The maximum atomic E-state index is 5.90. The molecule has 0 fully saturated rings. The zero-order valence-electron chi connectivity index (χ0n) is 13.1. The van der Waals surface area contributed by atoms with Crippen molar-refractivity contribution in [1.82, 2.24) is 4.98 Å². The van der Waals surface area contributed by atoms with Crippen molar-refractivity contribution in [3.8, 4) is 17.2 Å². The first-order valence-electron chi connectivity index (χ1n) is 7.25. The number of nitrogens with one attached hydrogen (secondary N) is 1. The number of nitrogens with two attached hydrogens (primary N) is 1. The number of benzene rings is 1. The maximum absolute atomic E-state index is 5.90. The molecule has 6 heteroatoms. The first kappa shape index (κ1) is 16.3. The summed E-state index contributed by atoms with van der Waals surface area (Å²) in [5.74, 6) is 2.75. The van der Waals surface area contributed by atoms with E-state index in [0.717, 1.165) is 22.9 Å². The second kappa shape index (κ2) is 7.79. The Morgan fingerprint density at radius 2 is 2.14 bits per heavy atom. The van der Waals surface area contributed by atoms with Crippen LogP contribution < -0.4 is 20.5 Å². The predicted molar refractivity (Wildman–Crippen MR) is 92.3 cm³/mol. The fourth-order valence-electron chi connectivity index (χ4n) is 1.98. The van der Waals surface area contributed by atoms with Gasteiger partial charge in [-0.3, -0.25) is 0 Å². The zero-order valence-corrected chi connectivity index (χ0v) is 13.9. The Morgan fingerprint density at radius 3 is 2.91 bits per heavy atom. The van der Waals surface area contributed by atoms with Gasteiger partial charge in [-0.05, 0) is 24.5 Å². The third-order valence-corrected chi connectivity index (χ3v) is 3.74. The number of aromatic nitrogens is 1. The number of nitrogen functional groups attached to an aromatic ring is 1. The van der Waals surface area contributed by atoms with Crippen LogP contribution in [-0.4, -0.2) is 24.4 Å². The van der Waals surface area contributed by atoms with Crippen molar-refractivity contribution in [3.05, 3.63) is 30.5 Å². The summed E-state index contributed by atoms with van der Waals surface area (Å²) >= 11 is 1.59. The minimum Gasteiger partial charge on any atom is -0.485 e. The molecule has 0 spiro atoms. The van der Waals surface area contributed by atoms with Gasteiger partial charge in [0.15, 0.2) is 11.6 Å². The molecular formula is C16H21N3O2S. The summed E-state index contributed by atoms with van der Waals surface area (Å²) < 4.78 is 11.5. The number of thioether (sulfide) groups is 1. The van der Waals surface area contributed by atoms with Crippen molar-refractivity contribution in [3.63, 3.8) is 0 Å². The van der Waals surface area contributed by atoms with Crippen molar-refractivity contribution in [2.75, 3.05) is 30.5 Å². The molecule has 0 radical (unpaired) electrons. The van der Waals surface area contributed by atoms with Gasteiger partial charge < -0.3 is 20.5 Å². The average molecular weight is 319 g/mol. The molecule has 22 heavy (non-hydrogen) atoms. The van der Waals surface area contributed by atoms with Gasteiger partial charge in [-0.25, -0.2) is 4.98 Å². The van der Waals surface area contributed by atoms with E-state index in [9.17, 15) is 0 Å². The topological polar surface area (TPSA) is 69.4 Å². The lowest BCUT2D eigenvalue weighted by molar-refractivity contribution is 0.304. The molecule has 0 saturated heterocycles. The molecule has 3 rings (SSSR count). The summed E-state index contributed by atoms with van der Waals surface area (Å²) in [4.78, 5) is 5.22. The van der Waals surface area contributed by atoms with E-state index in [-0.39, 0.29) is 0 Å². The van der Waals surface area contributed by atoms with Crippen LogP contribution in [0.2, 0.25) is 0 Å². The first-order valence-corrected chi connectivity index (χ1v) is 8.47. The molecule has 0 saturated carbocycles. The molecule has 0 aliphatic carbocycles. The van der Waals surface area contributed by atoms with Crippen molar-refractivity contribution < 1.29 is 9.47 Å². The van der Waals surface area contributed by atoms with Crippen LogP contribution in [0.15, 0.2) is 35.4 Å². The molecule has 0 amide bonds. The standard InChI is InChI=1S/C14H15N3O2S.C2H6/c1-20-12-8-9(2-3-10(12)15)19-11-4-5-16-14-13(11)18-7-6-17-14;1-2/h2-5,8H,6-7,15H2,1H3,(H,16,17);1-2H3. The summed E-state index contributed by atoms with van der Waals surface area (Å²) in [6.45, 7) is 5.36. The summed E-state index contributed by atoms with van der Waals surface area (Å²) in [5.41, 5.74) is 6.63. The number of ether oxygens (including phenoxy) is 2. The van der Waals surface area contributed by atoms with Crippen LogP contribution in [0, 0.1) is 0 Å². The molecule has 0 bridgehead atoms. The van der Waals surface area contributed by atoms with Crippen LogP contribution >= 0.6 is 11.8 Å². The average Bonchev–Trinajstić information content (AvgIpc) is 2.59. The van der Waals surface area contributed by atoms with E-state index in [1.807, 2.05) is 38.3 Å². The van der Waals surface area contributed by atoms with Crippen molar-refractivity contribution in [2.24, 2.45) is 0 Å². The monoisotopic (exact) mass is 319 g/mol. The van der Waals surface area contributed by atoms with Gasteiger partial charge in [0, 0.05) is 22.8 Å². The number of hydrogen-bond donors (Lipinski definition) is 2. The van der Waals surface area contributed by atoms with Gasteiger partial charge in [-0.2, -0.15) is 0 Å². The van der Waals surface area contributed by atoms with Crippen LogP contribution in [0.25, 0.3) is 0 Å². The highest BCUT2D eigenvalue weighted by atomic mass is 32.2. The third-order valence-electron chi connectivity index (χ3n) is 2.94. The molecular weight excluding hydrogens is 298 g/mol. The van der Waals surface area contributed by atoms with Gasteiger partial charge in [-0.15, -0.1) is 11.8 Å². The fraction of sp³-hybridized carbons (Fsp3) is 0.312. The van der Waals surface area contributed by atoms with E-state index in [1.165, 1.54) is 0 Å². The largest absolute Gasteiger partial charge is 0.485 e. The molecule has 1 aliphatic rings. The second-order valence-electron chi connectivity index (χ2n) is 4.27. The van der Waals surface area contributed by atoms with Crippen LogP contribution in [0.4, 0.5) is 11.5 Å². The SMILES string of the molecule is CC.CSc1cc(Oc2ccnc3c2OCCN3)ccc1N. The third kappa shape index (κ3) is 3.57. The highest BCUT2D eigenvalue weighted by Gasteiger charge is 2.17. The smallest absolute Gasteiger partial charge is 0.204 e. The first-order chi connectivity index (χ1) is 10.8. The van der Waals surface area contributed by atoms with Crippen LogP contribution in [0.3, 0.4) is 0 Å². The van der Waals surface area contributed by atoms with Crippen molar-refractivity contribution >= 4 is 23.3 Å². The number of nitrogens with zero attached hydrogens (tertiary/aromatic N) is 1. The molecule has 0 unspecified atom stereocenters. The maximum Gasteiger partial charge on any atom is 0.204 e. The van der Waals surface area contributed by atoms with E-state index in [1.54, 1.807) is 24.0 Å². The normalized spacial score (nSPS) is 12.1.